The molecule has 29 heavy (non-hydrogen) atoms. The lowest BCUT2D eigenvalue weighted by Gasteiger charge is -2.29. The quantitative estimate of drug-likeness (QED) is 0.518. The van der Waals surface area contributed by atoms with Crippen LogP contribution in [0.3, 0.4) is 0 Å². The minimum Gasteiger partial charge on any atom is -0.484 e. The molecule has 0 saturated carbocycles. The van der Waals surface area contributed by atoms with E-state index in [1.54, 1.807) is 12.1 Å². The summed E-state index contributed by atoms with van der Waals surface area (Å²) in [6.45, 7) is 1.56. The van der Waals surface area contributed by atoms with Gasteiger partial charge in [-0.1, -0.05) is 17.7 Å². The van der Waals surface area contributed by atoms with Crippen molar-refractivity contribution in [3.05, 3.63) is 69.0 Å². The Labute approximate surface area is 172 Å². The van der Waals surface area contributed by atoms with Crippen molar-refractivity contribution in [3.8, 4) is 5.75 Å². The fourth-order valence-corrected chi connectivity index (χ4v) is 3.66. The van der Waals surface area contributed by atoms with E-state index in [2.05, 4.69) is 10.2 Å². The molecule has 0 aromatic heterocycles. The Morgan fingerprint density at radius 1 is 1.24 bits per heavy atom. The first-order valence-electron chi connectivity index (χ1n) is 9.27. The molecule has 1 fully saturated rings. The fraction of sp³-hybridized carbons (Fsp3) is 0.350. The number of nitrogens with one attached hydrogen (secondary N) is 1. The predicted octanol–water partition coefficient (Wildman–Crippen LogP) is 3.72. The van der Waals surface area contributed by atoms with Gasteiger partial charge in [0.05, 0.1) is 11.0 Å². The maximum absolute atomic E-state index is 14.4. The van der Waals surface area contributed by atoms with Gasteiger partial charge < -0.3 is 10.1 Å². The van der Waals surface area contributed by atoms with Gasteiger partial charge in [0.2, 0.25) is 0 Å². The Kier molecular flexibility index (Phi) is 7.00. The SMILES string of the molecule is O=C(COc1ccc([N+](=O)[O-])cc1)NCC(c1c(F)cccc1Cl)N1CCCC1. The molecule has 0 bridgehead atoms. The molecule has 0 aliphatic carbocycles. The molecule has 0 spiro atoms. The van der Waals surface area contributed by atoms with Gasteiger partial charge in [0.25, 0.3) is 11.6 Å². The van der Waals surface area contributed by atoms with Gasteiger partial charge in [-0.25, -0.2) is 4.39 Å². The van der Waals surface area contributed by atoms with Gasteiger partial charge in [0.15, 0.2) is 6.61 Å². The van der Waals surface area contributed by atoms with Crippen LogP contribution in [0.15, 0.2) is 42.5 Å². The summed E-state index contributed by atoms with van der Waals surface area (Å²) in [5, 5.41) is 13.8. The van der Waals surface area contributed by atoms with E-state index >= 15 is 0 Å². The molecular weight excluding hydrogens is 401 g/mol. The molecule has 2 aromatic carbocycles. The van der Waals surface area contributed by atoms with Crippen LogP contribution in [-0.4, -0.2) is 42.0 Å². The summed E-state index contributed by atoms with van der Waals surface area (Å²) in [7, 11) is 0. The van der Waals surface area contributed by atoms with Crippen LogP contribution in [0.25, 0.3) is 0 Å². The standard InChI is InChI=1S/C20H21ClFN3O4/c21-16-4-3-5-17(22)20(16)18(24-10-1-2-11-24)12-23-19(26)13-29-15-8-6-14(7-9-15)25(27)28/h3-9,18H,1-2,10-13H2,(H,23,26). The minimum absolute atomic E-state index is 0.0583. The van der Waals surface area contributed by atoms with Crippen LogP contribution >= 0.6 is 11.6 Å². The van der Waals surface area contributed by atoms with Gasteiger partial charge in [-0.2, -0.15) is 0 Å². The number of carbonyl (C=O) groups excluding carboxylic acids is 1. The number of amides is 1. The molecule has 1 aliphatic heterocycles. The van der Waals surface area contributed by atoms with Crippen LogP contribution in [-0.2, 0) is 4.79 Å². The van der Waals surface area contributed by atoms with Crippen LogP contribution < -0.4 is 10.1 Å². The predicted molar refractivity (Wildman–Crippen MR) is 107 cm³/mol. The van der Waals surface area contributed by atoms with E-state index in [0.717, 1.165) is 25.9 Å². The highest BCUT2D eigenvalue weighted by Gasteiger charge is 2.28. The Balaban J connectivity index is 1.60. The summed E-state index contributed by atoms with van der Waals surface area (Å²) >= 11 is 6.24. The molecule has 1 aliphatic rings. The van der Waals surface area contributed by atoms with Crippen molar-refractivity contribution in [3.63, 3.8) is 0 Å². The third-order valence-electron chi connectivity index (χ3n) is 4.82. The lowest BCUT2D eigenvalue weighted by molar-refractivity contribution is -0.384. The number of nitro groups is 1. The molecule has 1 saturated heterocycles. The zero-order valence-corrected chi connectivity index (χ0v) is 16.4. The average Bonchev–Trinajstić information content (AvgIpc) is 3.23. The Hall–Kier alpha value is -2.71. The van der Waals surface area contributed by atoms with Crippen LogP contribution in [0.4, 0.5) is 10.1 Å². The molecule has 1 unspecified atom stereocenters. The number of ether oxygens (including phenoxy) is 1. The van der Waals surface area contributed by atoms with Crippen molar-refractivity contribution in [2.75, 3.05) is 26.2 Å². The number of non-ortho nitro benzene ring substituents is 1. The molecular formula is C20H21ClFN3O4. The third-order valence-corrected chi connectivity index (χ3v) is 5.15. The van der Waals surface area contributed by atoms with E-state index in [9.17, 15) is 19.3 Å². The highest BCUT2D eigenvalue weighted by molar-refractivity contribution is 6.31. The summed E-state index contributed by atoms with van der Waals surface area (Å²) in [4.78, 5) is 24.5. The lowest BCUT2D eigenvalue weighted by Crippen LogP contribution is -2.39. The second-order valence-electron chi connectivity index (χ2n) is 6.74. The number of likely N-dealkylation sites (tertiary alicyclic amines) is 1. The van der Waals surface area contributed by atoms with Gasteiger partial charge in [-0.05, 0) is 50.2 Å². The van der Waals surface area contributed by atoms with Crippen LogP contribution in [0.5, 0.6) is 5.75 Å². The molecule has 0 radical (unpaired) electrons. The minimum atomic E-state index is -0.511. The molecule has 154 valence electrons. The molecule has 2 aromatic rings. The smallest absolute Gasteiger partial charge is 0.269 e. The molecule has 1 N–H and O–H groups in total. The molecule has 1 heterocycles. The largest absolute Gasteiger partial charge is 0.484 e. The van der Waals surface area contributed by atoms with Gasteiger partial charge in [-0.3, -0.25) is 19.8 Å². The summed E-state index contributed by atoms with van der Waals surface area (Å²) in [5.41, 5.74) is 0.324. The first-order chi connectivity index (χ1) is 14.0. The lowest BCUT2D eigenvalue weighted by atomic mass is 10.0. The van der Waals surface area contributed by atoms with Crippen molar-refractivity contribution >= 4 is 23.2 Å². The number of benzene rings is 2. The second-order valence-corrected chi connectivity index (χ2v) is 7.15. The maximum Gasteiger partial charge on any atom is 0.269 e. The average molecular weight is 422 g/mol. The van der Waals surface area contributed by atoms with E-state index in [1.807, 2.05) is 0 Å². The number of nitrogens with zero attached hydrogens (tertiary/aromatic N) is 2. The van der Waals surface area contributed by atoms with Crippen molar-refractivity contribution in [1.29, 1.82) is 0 Å². The third kappa shape index (κ3) is 5.42. The first-order valence-corrected chi connectivity index (χ1v) is 9.65. The van der Waals surface area contributed by atoms with Gasteiger partial charge in [0.1, 0.15) is 11.6 Å². The molecule has 1 atom stereocenters. The zero-order valence-electron chi connectivity index (χ0n) is 15.6. The topological polar surface area (TPSA) is 84.7 Å². The number of hydrogen-bond donors (Lipinski definition) is 1. The van der Waals surface area contributed by atoms with Crippen molar-refractivity contribution in [1.82, 2.24) is 10.2 Å². The fourth-order valence-electron chi connectivity index (χ4n) is 3.37. The number of carbonyl (C=O) groups is 1. The van der Waals surface area contributed by atoms with E-state index in [0.29, 0.717) is 16.3 Å². The first kappa shape index (κ1) is 21.0. The summed E-state index contributed by atoms with van der Waals surface area (Å²) in [6, 6.07) is 9.66. The summed E-state index contributed by atoms with van der Waals surface area (Å²) in [6.07, 6.45) is 2.03. The van der Waals surface area contributed by atoms with Crippen molar-refractivity contribution in [2.45, 2.75) is 18.9 Å². The second kappa shape index (κ2) is 9.67. The van der Waals surface area contributed by atoms with Gasteiger partial charge in [0, 0.05) is 29.3 Å². The molecule has 1 amide bonds. The van der Waals surface area contributed by atoms with Crippen LogP contribution in [0, 0.1) is 15.9 Å². The summed E-state index contributed by atoms with van der Waals surface area (Å²) in [5.74, 6) is -0.426. The van der Waals surface area contributed by atoms with Crippen molar-refractivity contribution < 1.29 is 18.8 Å². The van der Waals surface area contributed by atoms with E-state index in [4.69, 9.17) is 16.3 Å². The number of nitro benzene ring substituents is 1. The zero-order chi connectivity index (χ0) is 20.8. The van der Waals surface area contributed by atoms with Gasteiger partial charge in [-0.15, -0.1) is 0 Å². The molecule has 3 rings (SSSR count). The molecule has 7 nitrogen and oxygen atoms in total. The van der Waals surface area contributed by atoms with E-state index in [1.165, 1.54) is 30.3 Å². The van der Waals surface area contributed by atoms with E-state index in [-0.39, 0.29) is 30.8 Å². The van der Waals surface area contributed by atoms with Crippen molar-refractivity contribution in [2.24, 2.45) is 0 Å². The number of halogens is 2. The number of rotatable bonds is 8. The highest BCUT2D eigenvalue weighted by atomic mass is 35.5. The Bertz CT molecular complexity index is 852. The normalized spacial score (nSPS) is 15.1. The highest BCUT2D eigenvalue weighted by Crippen LogP contribution is 2.32. The van der Waals surface area contributed by atoms with Crippen LogP contribution in [0.2, 0.25) is 5.02 Å². The maximum atomic E-state index is 14.4. The van der Waals surface area contributed by atoms with Crippen LogP contribution in [0.1, 0.15) is 24.4 Å². The van der Waals surface area contributed by atoms with Gasteiger partial charge >= 0.3 is 0 Å². The Morgan fingerprint density at radius 2 is 1.93 bits per heavy atom. The number of hydrogen-bond acceptors (Lipinski definition) is 5. The Morgan fingerprint density at radius 3 is 2.55 bits per heavy atom. The molecule has 9 heteroatoms. The summed E-state index contributed by atoms with van der Waals surface area (Å²) < 4.78 is 19.8. The monoisotopic (exact) mass is 421 g/mol. The van der Waals surface area contributed by atoms with E-state index < -0.39 is 10.7 Å².